The van der Waals surface area contributed by atoms with Crippen molar-refractivity contribution in [1.29, 1.82) is 0 Å². The van der Waals surface area contributed by atoms with Crippen molar-refractivity contribution in [3.8, 4) is 5.75 Å². The van der Waals surface area contributed by atoms with Gasteiger partial charge in [-0.3, -0.25) is 14.3 Å². The summed E-state index contributed by atoms with van der Waals surface area (Å²) in [5.74, 6) is 0.782. The number of carbonyl (C=O) groups excluding carboxylic acids is 1. The highest BCUT2D eigenvalue weighted by Crippen LogP contribution is 2.21. The van der Waals surface area contributed by atoms with E-state index in [0.29, 0.717) is 15.2 Å². The number of hydrogen-bond donors (Lipinski definition) is 1. The van der Waals surface area contributed by atoms with Gasteiger partial charge in [-0.1, -0.05) is 53.8 Å². The van der Waals surface area contributed by atoms with E-state index in [0.717, 1.165) is 28.2 Å². The summed E-state index contributed by atoms with van der Waals surface area (Å²) in [6.07, 6.45) is 3.09. The molecule has 3 rings (SSSR count). The summed E-state index contributed by atoms with van der Waals surface area (Å²) in [6.45, 7) is 0. The lowest BCUT2D eigenvalue weighted by atomic mass is 10.2. The molecule has 6 nitrogen and oxygen atoms in total. The largest absolute Gasteiger partial charge is 0.497 e. The first kappa shape index (κ1) is 18.9. The number of carbonyl (C=O) groups is 1. The molecule has 0 aliphatic rings. The Morgan fingerprint density at radius 3 is 2.59 bits per heavy atom. The molecule has 1 aromatic heterocycles. The molecule has 0 bridgehead atoms. The summed E-state index contributed by atoms with van der Waals surface area (Å²) in [5, 5.41) is 10.8. The second-order valence-corrected chi connectivity index (χ2v) is 8.05. The van der Waals surface area contributed by atoms with Crippen LogP contribution in [0.5, 0.6) is 5.75 Å². The van der Waals surface area contributed by atoms with Gasteiger partial charge in [-0.2, -0.15) is 0 Å². The van der Waals surface area contributed by atoms with E-state index < -0.39 is 10.8 Å². The monoisotopic (exact) mass is 399 g/mol. The number of nitrogens with zero attached hydrogens (tertiary/aromatic N) is 2. The van der Waals surface area contributed by atoms with Crippen molar-refractivity contribution in [2.45, 2.75) is 10.1 Å². The highest BCUT2D eigenvalue weighted by atomic mass is 32.2. The molecule has 0 aliphatic carbocycles. The van der Waals surface area contributed by atoms with Crippen LogP contribution in [0.4, 0.5) is 5.13 Å². The Hall–Kier alpha value is -2.84. The summed E-state index contributed by atoms with van der Waals surface area (Å²) in [6, 6.07) is 16.8. The molecule has 27 heavy (non-hydrogen) atoms. The second-order valence-electron chi connectivity index (χ2n) is 5.44. The molecule has 0 fully saturated rings. The van der Waals surface area contributed by atoms with Crippen LogP contribution in [0.2, 0.25) is 0 Å². The van der Waals surface area contributed by atoms with Crippen molar-refractivity contribution in [1.82, 2.24) is 10.2 Å². The quantitative estimate of drug-likeness (QED) is 0.486. The minimum Gasteiger partial charge on any atom is -0.497 e. The number of nitrogens with one attached hydrogen (secondary N) is 1. The van der Waals surface area contributed by atoms with Crippen LogP contribution in [0.3, 0.4) is 0 Å². The van der Waals surface area contributed by atoms with Gasteiger partial charge in [-0.25, -0.2) is 0 Å². The number of ether oxygens (including phenoxy) is 1. The predicted octanol–water partition coefficient (Wildman–Crippen LogP) is 3.51. The Labute approximate surface area is 163 Å². The van der Waals surface area contributed by atoms with Gasteiger partial charge in [-0.05, 0) is 29.3 Å². The topological polar surface area (TPSA) is 81.2 Å². The average Bonchev–Trinajstić information content (AvgIpc) is 3.16. The van der Waals surface area contributed by atoms with E-state index in [1.54, 1.807) is 13.2 Å². The van der Waals surface area contributed by atoms with Crippen LogP contribution >= 0.6 is 11.3 Å². The van der Waals surface area contributed by atoms with Gasteiger partial charge in [0, 0.05) is 6.08 Å². The minimum atomic E-state index is -1.30. The Bertz CT molecular complexity index is 954. The fourth-order valence-electron chi connectivity index (χ4n) is 2.17. The number of benzene rings is 2. The minimum absolute atomic E-state index is 0.316. The van der Waals surface area contributed by atoms with Crippen molar-refractivity contribution < 1.29 is 13.7 Å². The van der Waals surface area contributed by atoms with Crippen LogP contribution in [-0.2, 0) is 21.3 Å². The molecule has 1 atom stereocenters. The maximum Gasteiger partial charge on any atom is 0.250 e. The SMILES string of the molecule is COc1ccc(C=CC(=O)Nc2nnc(S(=O)Cc3ccccc3)s2)cc1. The maximum absolute atomic E-state index is 12.4. The van der Waals surface area contributed by atoms with Crippen molar-refractivity contribution in [3.05, 3.63) is 71.8 Å². The number of amides is 1. The van der Waals surface area contributed by atoms with Crippen LogP contribution in [0.1, 0.15) is 11.1 Å². The van der Waals surface area contributed by atoms with Crippen molar-refractivity contribution in [2.75, 3.05) is 12.4 Å². The molecule has 0 spiro atoms. The molecule has 0 radical (unpaired) electrons. The van der Waals surface area contributed by atoms with Gasteiger partial charge in [0.2, 0.25) is 15.4 Å². The zero-order valence-electron chi connectivity index (χ0n) is 14.5. The van der Waals surface area contributed by atoms with E-state index in [4.69, 9.17) is 4.74 Å². The molecular weight excluding hydrogens is 382 g/mol. The molecule has 1 N–H and O–H groups in total. The van der Waals surface area contributed by atoms with Crippen LogP contribution in [0.25, 0.3) is 6.08 Å². The lowest BCUT2D eigenvalue weighted by Gasteiger charge is -1.99. The standard InChI is InChI=1S/C19H17N3O3S2/c1-25-16-10-7-14(8-11-16)9-12-17(23)20-18-21-22-19(26-18)27(24)13-15-5-3-2-4-6-15/h2-12H,13H2,1H3,(H,20,21,23). The molecule has 0 saturated heterocycles. The molecule has 3 aromatic rings. The van der Waals surface area contributed by atoms with Crippen LogP contribution in [0, 0.1) is 0 Å². The smallest absolute Gasteiger partial charge is 0.250 e. The summed E-state index contributed by atoms with van der Waals surface area (Å²) >= 11 is 1.11. The van der Waals surface area contributed by atoms with Crippen molar-refractivity contribution in [2.24, 2.45) is 0 Å². The highest BCUT2D eigenvalue weighted by Gasteiger charge is 2.13. The van der Waals surface area contributed by atoms with Crippen LogP contribution < -0.4 is 10.1 Å². The summed E-state index contributed by atoms with van der Waals surface area (Å²) in [7, 11) is 0.297. The lowest BCUT2D eigenvalue weighted by molar-refractivity contribution is -0.111. The highest BCUT2D eigenvalue weighted by molar-refractivity contribution is 7.86. The Balaban J connectivity index is 1.57. The second kappa shape index (κ2) is 9.20. The first-order valence-corrected chi connectivity index (χ1v) is 10.2. The van der Waals surface area contributed by atoms with Gasteiger partial charge >= 0.3 is 0 Å². The Morgan fingerprint density at radius 2 is 1.89 bits per heavy atom. The molecule has 0 saturated carbocycles. The number of hydrogen-bond acceptors (Lipinski definition) is 6. The Morgan fingerprint density at radius 1 is 1.15 bits per heavy atom. The first-order chi connectivity index (χ1) is 13.1. The zero-order valence-corrected chi connectivity index (χ0v) is 16.1. The lowest BCUT2D eigenvalue weighted by Crippen LogP contribution is -2.07. The Kier molecular flexibility index (Phi) is 6.45. The number of anilines is 1. The van der Waals surface area contributed by atoms with E-state index >= 15 is 0 Å². The van der Waals surface area contributed by atoms with E-state index in [2.05, 4.69) is 15.5 Å². The van der Waals surface area contributed by atoms with Gasteiger partial charge in [0.25, 0.3) is 0 Å². The number of methoxy groups -OCH3 is 1. The normalized spacial score (nSPS) is 12.0. The third-order valence-electron chi connectivity index (χ3n) is 3.51. The summed E-state index contributed by atoms with van der Waals surface area (Å²) < 4.78 is 17.8. The molecule has 138 valence electrons. The number of rotatable bonds is 7. The van der Waals surface area contributed by atoms with Crippen LogP contribution in [0.15, 0.2) is 65.0 Å². The van der Waals surface area contributed by atoms with E-state index in [9.17, 15) is 9.00 Å². The summed E-state index contributed by atoms with van der Waals surface area (Å²) in [5.41, 5.74) is 1.83. The van der Waals surface area contributed by atoms with Gasteiger partial charge in [0.15, 0.2) is 0 Å². The molecule has 2 aromatic carbocycles. The van der Waals surface area contributed by atoms with Gasteiger partial charge in [-0.15, -0.1) is 10.2 Å². The van der Waals surface area contributed by atoms with Gasteiger partial charge < -0.3 is 4.74 Å². The zero-order chi connectivity index (χ0) is 19.1. The van der Waals surface area contributed by atoms with Gasteiger partial charge in [0.05, 0.1) is 23.7 Å². The van der Waals surface area contributed by atoms with Crippen LogP contribution in [-0.4, -0.2) is 27.4 Å². The average molecular weight is 399 g/mol. The molecule has 8 heteroatoms. The molecule has 0 aliphatic heterocycles. The molecule has 1 amide bonds. The fraction of sp³-hybridized carbons (Fsp3) is 0.105. The van der Waals surface area contributed by atoms with Gasteiger partial charge in [0.1, 0.15) is 5.75 Å². The van der Waals surface area contributed by atoms with E-state index in [1.807, 2.05) is 54.6 Å². The molecule has 1 unspecified atom stereocenters. The third-order valence-corrected chi connectivity index (χ3v) is 6.02. The van der Waals surface area contributed by atoms with Crippen molar-refractivity contribution in [3.63, 3.8) is 0 Å². The maximum atomic E-state index is 12.4. The first-order valence-electron chi connectivity index (χ1n) is 8.03. The van der Waals surface area contributed by atoms with E-state index in [-0.39, 0.29) is 5.91 Å². The summed E-state index contributed by atoms with van der Waals surface area (Å²) in [4.78, 5) is 12.0. The van der Waals surface area contributed by atoms with Crippen molar-refractivity contribution >= 4 is 39.3 Å². The third kappa shape index (κ3) is 5.57. The fourth-order valence-corrected chi connectivity index (χ4v) is 4.19. The number of aromatic nitrogens is 2. The molecular formula is C19H17N3O3S2. The predicted molar refractivity (Wildman–Crippen MR) is 107 cm³/mol. The van der Waals surface area contributed by atoms with E-state index in [1.165, 1.54) is 6.08 Å². The molecule has 1 heterocycles.